The lowest BCUT2D eigenvalue weighted by Crippen LogP contribution is -2.28. The van der Waals surface area contributed by atoms with Gasteiger partial charge in [0.15, 0.2) is 0 Å². The number of halogens is 2. The highest BCUT2D eigenvalue weighted by Crippen LogP contribution is 2.32. The van der Waals surface area contributed by atoms with Gasteiger partial charge in [-0.1, -0.05) is 54.4 Å². The van der Waals surface area contributed by atoms with Crippen LogP contribution in [0.3, 0.4) is 0 Å². The lowest BCUT2D eigenvalue weighted by atomic mass is 9.95. The number of benzene rings is 2. The second-order valence-corrected chi connectivity index (χ2v) is 5.84. The van der Waals surface area contributed by atoms with Crippen molar-refractivity contribution in [2.45, 2.75) is 19.3 Å². The molecule has 1 unspecified atom stereocenters. The average molecular weight is 361 g/mol. The molecule has 0 aliphatic rings. The Labute approximate surface area is 150 Å². The summed E-state index contributed by atoms with van der Waals surface area (Å²) in [5, 5.41) is 12.2. The first-order chi connectivity index (χ1) is 11.5. The first-order valence-corrected chi connectivity index (χ1v) is 8.01. The van der Waals surface area contributed by atoms with Gasteiger partial charge in [-0.25, -0.2) is 0 Å². The van der Waals surface area contributed by atoms with Gasteiger partial charge in [-0.2, -0.15) is 5.26 Å². The van der Waals surface area contributed by atoms with E-state index in [1.807, 2.05) is 25.1 Å². The van der Waals surface area contributed by atoms with Crippen LogP contribution in [0.25, 0.3) is 0 Å². The van der Waals surface area contributed by atoms with E-state index in [4.69, 9.17) is 23.2 Å². The summed E-state index contributed by atoms with van der Waals surface area (Å²) in [6, 6.07) is 13.6. The largest absolute Gasteiger partial charge is 0.319 e. The molecule has 0 spiro atoms. The van der Waals surface area contributed by atoms with Crippen LogP contribution in [0.2, 0.25) is 10.0 Å². The summed E-state index contributed by atoms with van der Waals surface area (Å²) in [6.07, 6.45) is 0.697. The Morgan fingerprint density at radius 1 is 1.12 bits per heavy atom. The third-order valence-electron chi connectivity index (χ3n) is 3.55. The Morgan fingerprint density at radius 2 is 1.75 bits per heavy atom. The Bertz CT molecular complexity index is 808. The molecule has 0 aliphatic carbocycles. The number of Topliss-reactive ketones (excluding diaryl/α,β-unsaturated/α-hetero) is 1. The van der Waals surface area contributed by atoms with E-state index in [2.05, 4.69) is 5.32 Å². The topological polar surface area (TPSA) is 70.0 Å². The van der Waals surface area contributed by atoms with Gasteiger partial charge in [-0.15, -0.1) is 0 Å². The third-order valence-corrected chi connectivity index (χ3v) is 4.21. The zero-order valence-electron chi connectivity index (χ0n) is 12.8. The fourth-order valence-electron chi connectivity index (χ4n) is 2.31. The monoisotopic (exact) mass is 360 g/mol. The molecule has 6 heteroatoms. The molecule has 2 aromatic carbocycles. The van der Waals surface area contributed by atoms with E-state index < -0.39 is 17.6 Å². The molecule has 1 amide bonds. The van der Waals surface area contributed by atoms with Gasteiger partial charge in [0.25, 0.3) is 5.91 Å². The maximum absolute atomic E-state index is 12.4. The van der Waals surface area contributed by atoms with Gasteiger partial charge in [-0.3, -0.25) is 9.59 Å². The first-order valence-electron chi connectivity index (χ1n) is 7.26. The lowest BCUT2D eigenvalue weighted by molar-refractivity contribution is -0.135. The molecule has 0 saturated heterocycles. The van der Waals surface area contributed by atoms with Gasteiger partial charge < -0.3 is 5.32 Å². The van der Waals surface area contributed by atoms with Crippen LogP contribution in [-0.2, 0) is 16.0 Å². The number of rotatable bonds is 5. The van der Waals surface area contributed by atoms with Crippen molar-refractivity contribution in [3.05, 3.63) is 63.6 Å². The number of anilines is 1. The molecular formula is C18H14Cl2N2O2. The van der Waals surface area contributed by atoms with E-state index in [0.29, 0.717) is 12.1 Å². The zero-order chi connectivity index (χ0) is 17.7. The smallest absolute Gasteiger partial charge is 0.293 e. The number of nitriles is 1. The molecule has 0 fully saturated rings. The highest BCUT2D eigenvalue weighted by Gasteiger charge is 2.30. The Balaban J connectivity index is 2.29. The number of amides is 1. The van der Waals surface area contributed by atoms with Crippen LogP contribution in [0.4, 0.5) is 5.69 Å². The summed E-state index contributed by atoms with van der Waals surface area (Å²) in [4.78, 5) is 24.7. The second-order valence-electron chi connectivity index (χ2n) is 5.03. The van der Waals surface area contributed by atoms with Crippen molar-refractivity contribution in [3.63, 3.8) is 0 Å². The van der Waals surface area contributed by atoms with E-state index in [0.717, 1.165) is 5.56 Å². The van der Waals surface area contributed by atoms with E-state index in [1.165, 1.54) is 12.1 Å². The number of para-hydroxylation sites is 1. The third kappa shape index (κ3) is 3.76. The van der Waals surface area contributed by atoms with Crippen LogP contribution in [-0.4, -0.2) is 11.7 Å². The van der Waals surface area contributed by atoms with Crippen molar-refractivity contribution in [2.24, 2.45) is 0 Å². The van der Waals surface area contributed by atoms with Gasteiger partial charge in [0.2, 0.25) is 5.78 Å². The minimum Gasteiger partial charge on any atom is -0.319 e. The molecule has 0 aromatic heterocycles. The number of hydrogen-bond acceptors (Lipinski definition) is 3. The van der Waals surface area contributed by atoms with Crippen molar-refractivity contribution in [1.82, 2.24) is 0 Å². The first kappa shape index (κ1) is 18.0. The van der Waals surface area contributed by atoms with Gasteiger partial charge in [0, 0.05) is 21.3 Å². The van der Waals surface area contributed by atoms with Crippen LogP contribution < -0.4 is 5.32 Å². The van der Waals surface area contributed by atoms with Crippen LogP contribution in [0, 0.1) is 11.3 Å². The molecule has 2 rings (SSSR count). The molecule has 122 valence electrons. The minimum atomic E-state index is -1.36. The average Bonchev–Trinajstić information content (AvgIpc) is 2.58. The molecule has 4 nitrogen and oxygen atoms in total. The number of carbonyl (C=O) groups excluding carboxylic acids is 2. The molecule has 0 heterocycles. The number of nitrogens with one attached hydrogen (secondary N) is 1. The summed E-state index contributed by atoms with van der Waals surface area (Å²) in [6.45, 7) is 1.94. The predicted octanol–water partition coefficient (Wildman–Crippen LogP) is 4.37. The van der Waals surface area contributed by atoms with E-state index in [-0.39, 0.29) is 15.6 Å². The fourth-order valence-corrected chi connectivity index (χ4v) is 2.92. The zero-order valence-corrected chi connectivity index (χ0v) is 14.4. The van der Waals surface area contributed by atoms with Gasteiger partial charge in [0.05, 0.1) is 6.07 Å². The van der Waals surface area contributed by atoms with E-state index in [1.54, 1.807) is 18.2 Å². The molecular weight excluding hydrogens is 347 g/mol. The quantitative estimate of drug-likeness (QED) is 0.804. The van der Waals surface area contributed by atoms with Crippen molar-refractivity contribution in [1.29, 1.82) is 5.26 Å². The van der Waals surface area contributed by atoms with Gasteiger partial charge >= 0.3 is 0 Å². The minimum absolute atomic E-state index is 0.146. The predicted molar refractivity (Wildman–Crippen MR) is 94.3 cm³/mol. The Hall–Kier alpha value is -2.35. The number of carbonyl (C=O) groups is 2. The summed E-state index contributed by atoms with van der Waals surface area (Å²) in [5.74, 6) is -3.14. The molecule has 0 aliphatic heterocycles. The van der Waals surface area contributed by atoms with Crippen LogP contribution in [0.15, 0.2) is 42.5 Å². The SMILES string of the molecule is CCc1ccccc1NC(=O)C(=O)C(C#N)c1c(Cl)cccc1Cl. The van der Waals surface area contributed by atoms with Crippen LogP contribution >= 0.6 is 23.2 Å². The highest BCUT2D eigenvalue weighted by atomic mass is 35.5. The number of ketones is 1. The summed E-state index contributed by atoms with van der Waals surface area (Å²) in [5.41, 5.74) is 1.58. The van der Waals surface area contributed by atoms with Crippen LogP contribution in [0.5, 0.6) is 0 Å². The molecule has 24 heavy (non-hydrogen) atoms. The molecule has 1 atom stereocenters. The molecule has 1 N–H and O–H groups in total. The maximum atomic E-state index is 12.4. The number of hydrogen-bond donors (Lipinski definition) is 1. The maximum Gasteiger partial charge on any atom is 0.293 e. The van der Waals surface area contributed by atoms with Crippen molar-refractivity contribution < 1.29 is 9.59 Å². The fraction of sp³-hybridized carbons (Fsp3) is 0.167. The number of aryl methyl sites for hydroxylation is 1. The van der Waals surface area contributed by atoms with Crippen LogP contribution in [0.1, 0.15) is 24.0 Å². The summed E-state index contributed by atoms with van der Waals surface area (Å²) in [7, 11) is 0. The summed E-state index contributed by atoms with van der Waals surface area (Å²) < 4.78 is 0. The second kappa shape index (κ2) is 7.96. The Kier molecular flexibility index (Phi) is 5.97. The van der Waals surface area contributed by atoms with E-state index >= 15 is 0 Å². The highest BCUT2D eigenvalue weighted by molar-refractivity contribution is 6.44. The standard InChI is InChI=1S/C18H14Cl2N2O2/c1-2-11-6-3-4-9-15(11)22-18(24)17(23)12(10-21)16-13(19)7-5-8-14(16)20/h3-9,12H,2H2,1H3,(H,22,24). The van der Waals surface area contributed by atoms with Crippen molar-refractivity contribution in [3.8, 4) is 6.07 Å². The van der Waals surface area contributed by atoms with Crippen molar-refractivity contribution in [2.75, 3.05) is 5.32 Å². The Morgan fingerprint density at radius 3 is 2.33 bits per heavy atom. The van der Waals surface area contributed by atoms with Gasteiger partial charge in [-0.05, 0) is 30.2 Å². The molecule has 2 aromatic rings. The normalized spacial score (nSPS) is 11.4. The molecule has 0 bridgehead atoms. The van der Waals surface area contributed by atoms with E-state index in [9.17, 15) is 14.9 Å². The number of nitrogens with zero attached hydrogens (tertiary/aromatic N) is 1. The molecule has 0 saturated carbocycles. The lowest BCUT2D eigenvalue weighted by Gasteiger charge is -2.13. The van der Waals surface area contributed by atoms with Crippen molar-refractivity contribution >= 4 is 40.6 Å². The van der Waals surface area contributed by atoms with Gasteiger partial charge in [0.1, 0.15) is 5.92 Å². The molecule has 0 radical (unpaired) electrons. The summed E-state index contributed by atoms with van der Waals surface area (Å²) >= 11 is 12.1.